The van der Waals surface area contributed by atoms with Gasteiger partial charge >= 0.3 is 6.03 Å². The molecule has 2 aromatic carbocycles. The van der Waals surface area contributed by atoms with Crippen LogP contribution in [0.25, 0.3) is 0 Å². The molecule has 1 fully saturated rings. The number of carbonyl (C=O) groups excluding carboxylic acids is 2. The lowest BCUT2D eigenvalue weighted by Gasteiger charge is -2.21. The molecule has 1 aliphatic rings. The molecule has 0 radical (unpaired) electrons. The predicted octanol–water partition coefficient (Wildman–Crippen LogP) is 3.29. The van der Waals surface area contributed by atoms with Gasteiger partial charge in [0.2, 0.25) is 5.91 Å². The molecule has 6 heteroatoms. The number of hydrogen-bond donors (Lipinski definition) is 1. The van der Waals surface area contributed by atoms with Crippen molar-refractivity contribution in [1.82, 2.24) is 5.32 Å². The Hall–Kier alpha value is -2.53. The molecule has 3 amide bonds. The van der Waals surface area contributed by atoms with Gasteiger partial charge in [-0.2, -0.15) is 0 Å². The molecule has 24 heavy (non-hydrogen) atoms. The number of carbonyl (C=O) groups is 2. The van der Waals surface area contributed by atoms with Crippen LogP contribution in [0.5, 0.6) is 0 Å². The molecule has 1 unspecified atom stereocenters. The summed E-state index contributed by atoms with van der Waals surface area (Å²) in [6.07, 6.45) is 0.289. The Bertz CT molecular complexity index is 734. The van der Waals surface area contributed by atoms with E-state index in [1.54, 1.807) is 36.2 Å². The Labute approximate surface area is 145 Å². The van der Waals surface area contributed by atoms with Gasteiger partial charge in [0.05, 0.1) is 6.04 Å². The number of benzene rings is 2. The summed E-state index contributed by atoms with van der Waals surface area (Å²) >= 11 is 5.88. The molecule has 5 nitrogen and oxygen atoms in total. The predicted molar refractivity (Wildman–Crippen MR) is 95.6 cm³/mol. The fourth-order valence-electron chi connectivity index (χ4n) is 2.72. The summed E-state index contributed by atoms with van der Waals surface area (Å²) in [6, 6.07) is 16.0. The number of halogens is 1. The third kappa shape index (κ3) is 3.51. The summed E-state index contributed by atoms with van der Waals surface area (Å²) in [5.41, 5.74) is 1.59. The second kappa shape index (κ2) is 6.93. The summed E-state index contributed by atoms with van der Waals surface area (Å²) in [7, 11) is 1.71. The van der Waals surface area contributed by atoms with E-state index in [1.807, 2.05) is 30.3 Å². The van der Waals surface area contributed by atoms with Crippen LogP contribution >= 0.6 is 11.6 Å². The van der Waals surface area contributed by atoms with Gasteiger partial charge in [0.25, 0.3) is 0 Å². The van der Waals surface area contributed by atoms with Gasteiger partial charge in [-0.25, -0.2) is 4.79 Å². The largest absolute Gasteiger partial charge is 0.333 e. The first kappa shape index (κ1) is 16.3. The zero-order chi connectivity index (χ0) is 17.1. The topological polar surface area (TPSA) is 52.7 Å². The Morgan fingerprint density at radius 2 is 1.83 bits per heavy atom. The van der Waals surface area contributed by atoms with E-state index in [2.05, 4.69) is 5.32 Å². The fraction of sp³-hybridized carbons (Fsp3) is 0.222. The Kier molecular flexibility index (Phi) is 4.71. The molecule has 124 valence electrons. The van der Waals surface area contributed by atoms with Crippen LogP contribution in [0, 0.1) is 0 Å². The van der Waals surface area contributed by atoms with Crippen LogP contribution < -0.4 is 15.1 Å². The Morgan fingerprint density at radius 1 is 1.17 bits per heavy atom. The summed E-state index contributed by atoms with van der Waals surface area (Å²) < 4.78 is 0. The lowest BCUT2D eigenvalue weighted by atomic mass is 10.2. The molecule has 0 aliphatic carbocycles. The Morgan fingerprint density at radius 3 is 2.50 bits per heavy atom. The molecule has 0 saturated carbocycles. The maximum absolute atomic E-state index is 12.4. The van der Waals surface area contributed by atoms with Crippen LogP contribution in [0.1, 0.15) is 6.42 Å². The number of anilines is 2. The average molecular weight is 344 g/mol. The number of nitrogens with zero attached hydrogens (tertiary/aromatic N) is 2. The lowest BCUT2D eigenvalue weighted by molar-refractivity contribution is -0.117. The molecule has 2 aromatic rings. The highest BCUT2D eigenvalue weighted by Crippen LogP contribution is 2.23. The molecule has 1 saturated heterocycles. The van der Waals surface area contributed by atoms with Crippen molar-refractivity contribution < 1.29 is 9.59 Å². The average Bonchev–Trinajstić information content (AvgIpc) is 2.96. The molecule has 1 N–H and O–H groups in total. The molecular weight excluding hydrogens is 326 g/mol. The minimum atomic E-state index is -0.225. The van der Waals surface area contributed by atoms with E-state index < -0.39 is 0 Å². The summed E-state index contributed by atoms with van der Waals surface area (Å²) in [5.74, 6) is -0.00927. The zero-order valence-corrected chi connectivity index (χ0v) is 14.0. The van der Waals surface area contributed by atoms with Gasteiger partial charge in [-0.05, 0) is 36.4 Å². The van der Waals surface area contributed by atoms with E-state index in [4.69, 9.17) is 11.6 Å². The second-order valence-electron chi connectivity index (χ2n) is 5.73. The van der Waals surface area contributed by atoms with Gasteiger partial charge in [0.1, 0.15) is 0 Å². The molecule has 0 spiro atoms. The molecule has 1 atom stereocenters. The summed E-state index contributed by atoms with van der Waals surface area (Å²) in [5, 5.41) is 3.54. The number of rotatable bonds is 3. The second-order valence-corrected chi connectivity index (χ2v) is 6.16. The van der Waals surface area contributed by atoms with Gasteiger partial charge in [0.15, 0.2) is 0 Å². The zero-order valence-electron chi connectivity index (χ0n) is 13.3. The van der Waals surface area contributed by atoms with Crippen LogP contribution in [-0.4, -0.2) is 31.6 Å². The molecule has 0 bridgehead atoms. The van der Waals surface area contributed by atoms with Gasteiger partial charge < -0.3 is 10.2 Å². The van der Waals surface area contributed by atoms with Crippen LogP contribution in [-0.2, 0) is 4.79 Å². The van der Waals surface area contributed by atoms with Crippen molar-refractivity contribution in [2.24, 2.45) is 0 Å². The van der Waals surface area contributed by atoms with E-state index in [-0.39, 0.29) is 24.4 Å². The minimum absolute atomic E-state index is 0.00927. The van der Waals surface area contributed by atoms with Gasteiger partial charge in [-0.1, -0.05) is 29.8 Å². The van der Waals surface area contributed by atoms with Crippen LogP contribution in [0.2, 0.25) is 5.02 Å². The van der Waals surface area contributed by atoms with Crippen molar-refractivity contribution in [2.45, 2.75) is 12.5 Å². The molecular formula is C18H18ClN3O2. The van der Waals surface area contributed by atoms with Crippen LogP contribution in [0.4, 0.5) is 16.2 Å². The molecule has 1 aliphatic heterocycles. The van der Waals surface area contributed by atoms with E-state index >= 15 is 0 Å². The van der Waals surface area contributed by atoms with Gasteiger partial charge in [0, 0.05) is 36.4 Å². The van der Waals surface area contributed by atoms with Gasteiger partial charge in [-0.3, -0.25) is 9.69 Å². The first-order chi connectivity index (χ1) is 11.5. The van der Waals surface area contributed by atoms with E-state index in [0.717, 1.165) is 11.4 Å². The quantitative estimate of drug-likeness (QED) is 0.929. The summed E-state index contributed by atoms with van der Waals surface area (Å²) in [4.78, 5) is 27.8. The Balaban J connectivity index is 1.64. The number of amides is 3. The number of hydrogen-bond acceptors (Lipinski definition) is 2. The normalized spacial score (nSPS) is 17.0. The van der Waals surface area contributed by atoms with Crippen molar-refractivity contribution >= 4 is 34.9 Å². The standard InChI is InChI=1S/C18H18ClN3O2/c1-21(15-5-3-2-4-6-15)18(24)20-14-11-17(23)22(12-14)16-9-7-13(19)8-10-16/h2-10,14H,11-12H2,1H3,(H,20,24). The maximum atomic E-state index is 12.4. The lowest BCUT2D eigenvalue weighted by Crippen LogP contribution is -2.44. The van der Waals surface area contributed by atoms with Crippen molar-refractivity contribution in [1.29, 1.82) is 0 Å². The number of para-hydroxylation sites is 1. The fourth-order valence-corrected chi connectivity index (χ4v) is 2.84. The van der Waals surface area contributed by atoms with Gasteiger partial charge in [-0.15, -0.1) is 0 Å². The highest BCUT2D eigenvalue weighted by atomic mass is 35.5. The van der Waals surface area contributed by atoms with E-state index in [1.165, 1.54) is 4.90 Å². The maximum Gasteiger partial charge on any atom is 0.321 e. The van der Waals surface area contributed by atoms with Crippen LogP contribution in [0.3, 0.4) is 0 Å². The van der Waals surface area contributed by atoms with Crippen molar-refractivity contribution in [3.8, 4) is 0 Å². The van der Waals surface area contributed by atoms with Crippen molar-refractivity contribution in [3.05, 3.63) is 59.6 Å². The summed E-state index contributed by atoms with van der Waals surface area (Å²) in [6.45, 7) is 0.453. The highest BCUT2D eigenvalue weighted by Gasteiger charge is 2.32. The number of urea groups is 1. The van der Waals surface area contributed by atoms with Crippen molar-refractivity contribution in [2.75, 3.05) is 23.4 Å². The van der Waals surface area contributed by atoms with E-state index in [9.17, 15) is 9.59 Å². The SMILES string of the molecule is CN(C(=O)NC1CC(=O)N(c2ccc(Cl)cc2)C1)c1ccccc1. The smallest absolute Gasteiger partial charge is 0.321 e. The molecule has 1 heterocycles. The highest BCUT2D eigenvalue weighted by molar-refractivity contribution is 6.30. The van der Waals surface area contributed by atoms with Crippen molar-refractivity contribution in [3.63, 3.8) is 0 Å². The number of nitrogens with one attached hydrogen (secondary N) is 1. The van der Waals surface area contributed by atoms with Crippen LogP contribution in [0.15, 0.2) is 54.6 Å². The third-order valence-corrected chi connectivity index (χ3v) is 4.29. The molecule has 0 aromatic heterocycles. The first-order valence-corrected chi connectivity index (χ1v) is 8.07. The third-order valence-electron chi connectivity index (χ3n) is 4.04. The molecule has 3 rings (SSSR count). The minimum Gasteiger partial charge on any atom is -0.333 e. The first-order valence-electron chi connectivity index (χ1n) is 7.70. The monoisotopic (exact) mass is 343 g/mol. The van der Waals surface area contributed by atoms with E-state index in [0.29, 0.717) is 11.6 Å².